The first kappa shape index (κ1) is 15.2. The minimum atomic E-state index is -0.151. The molecule has 0 aliphatic heterocycles. The molecule has 0 heterocycles. The maximum Gasteiger partial charge on any atom is 0.197 e. The number of carbonyl (C=O) groups is 2. The van der Waals surface area contributed by atoms with Gasteiger partial charge in [-0.05, 0) is 55.9 Å². The topological polar surface area (TPSA) is 54.4 Å². The highest BCUT2D eigenvalue weighted by molar-refractivity contribution is 5.96. The van der Waals surface area contributed by atoms with E-state index in [-0.39, 0.29) is 22.4 Å². The van der Waals surface area contributed by atoms with Crippen molar-refractivity contribution in [3.8, 4) is 0 Å². The molecule has 0 radical (unpaired) electrons. The summed E-state index contributed by atoms with van der Waals surface area (Å²) in [4.78, 5) is 24.4. The zero-order valence-corrected chi connectivity index (χ0v) is 14.3. The number of carbonyl (C=O) groups excluding carboxylic acids is 2. The smallest absolute Gasteiger partial charge is 0.197 e. The van der Waals surface area contributed by atoms with Crippen molar-refractivity contribution in [1.82, 2.24) is 0 Å². The number of ketones is 2. The average Bonchev–Trinajstić information content (AvgIpc) is 2.79. The third kappa shape index (κ3) is 1.77. The second kappa shape index (κ2) is 4.58. The molecule has 0 unspecified atom stereocenters. The van der Waals surface area contributed by atoms with Crippen LogP contribution in [0.15, 0.2) is 23.0 Å². The van der Waals surface area contributed by atoms with Gasteiger partial charge in [0.1, 0.15) is 5.78 Å². The predicted molar refractivity (Wildman–Crippen MR) is 87.8 cm³/mol. The number of aliphatic hydroxyl groups excluding tert-OH is 1. The zero-order chi connectivity index (χ0) is 16.6. The number of rotatable bonds is 0. The molecule has 4 aliphatic carbocycles. The van der Waals surface area contributed by atoms with Gasteiger partial charge in [-0.3, -0.25) is 9.59 Å². The van der Waals surface area contributed by atoms with Crippen LogP contribution in [0.1, 0.15) is 59.3 Å². The largest absolute Gasteiger partial charge is 0.504 e. The number of allylic oxidation sites excluding steroid dienone is 4. The fraction of sp³-hybridized carbons (Fsp3) is 0.700. The first-order valence-corrected chi connectivity index (χ1v) is 8.98. The molecule has 0 bridgehead atoms. The van der Waals surface area contributed by atoms with E-state index in [1.54, 1.807) is 0 Å². The average molecular weight is 314 g/mol. The third-order valence-corrected chi connectivity index (χ3v) is 7.64. The van der Waals surface area contributed by atoms with E-state index in [0.717, 1.165) is 43.3 Å². The predicted octanol–water partition coefficient (Wildman–Crippen LogP) is 4.14. The monoisotopic (exact) mass is 314 g/mol. The van der Waals surface area contributed by atoms with Gasteiger partial charge in [0.2, 0.25) is 0 Å². The first-order chi connectivity index (χ1) is 10.8. The van der Waals surface area contributed by atoms with Crippen LogP contribution in [0.25, 0.3) is 0 Å². The lowest BCUT2D eigenvalue weighted by Crippen LogP contribution is -2.50. The molecule has 0 aromatic rings. The van der Waals surface area contributed by atoms with E-state index in [0.29, 0.717) is 30.0 Å². The molecule has 23 heavy (non-hydrogen) atoms. The number of hydrogen-bond donors (Lipinski definition) is 1. The Kier molecular flexibility index (Phi) is 3.02. The van der Waals surface area contributed by atoms with Gasteiger partial charge in [0, 0.05) is 29.2 Å². The second-order valence-electron chi connectivity index (χ2n) is 8.62. The van der Waals surface area contributed by atoms with Crippen molar-refractivity contribution in [2.24, 2.45) is 28.6 Å². The van der Waals surface area contributed by atoms with E-state index in [9.17, 15) is 14.7 Å². The normalized spacial score (nSPS) is 46.2. The fourth-order valence-electron chi connectivity index (χ4n) is 6.35. The van der Waals surface area contributed by atoms with E-state index >= 15 is 0 Å². The van der Waals surface area contributed by atoms with Crippen molar-refractivity contribution < 1.29 is 14.7 Å². The van der Waals surface area contributed by atoms with Gasteiger partial charge in [-0.1, -0.05) is 19.9 Å². The Hall–Kier alpha value is -1.38. The van der Waals surface area contributed by atoms with Crippen LogP contribution in [0.3, 0.4) is 0 Å². The number of hydrogen-bond acceptors (Lipinski definition) is 3. The summed E-state index contributed by atoms with van der Waals surface area (Å²) in [6, 6.07) is 0. The van der Waals surface area contributed by atoms with Gasteiger partial charge in [-0.2, -0.15) is 0 Å². The maximum atomic E-state index is 12.4. The van der Waals surface area contributed by atoms with Gasteiger partial charge < -0.3 is 5.11 Å². The Morgan fingerprint density at radius 2 is 1.74 bits per heavy atom. The summed E-state index contributed by atoms with van der Waals surface area (Å²) in [5.41, 5.74) is 1.68. The van der Waals surface area contributed by atoms with Crippen LogP contribution < -0.4 is 0 Å². The molecule has 1 N–H and O–H groups in total. The number of Topliss-reactive ketones (excluding diaryl/α,β-unsaturated/α-hetero) is 2. The summed E-state index contributed by atoms with van der Waals surface area (Å²) in [7, 11) is 0. The Morgan fingerprint density at radius 3 is 2.48 bits per heavy atom. The quantitative estimate of drug-likeness (QED) is 0.731. The molecule has 3 heteroatoms. The van der Waals surface area contributed by atoms with Crippen LogP contribution in [0.5, 0.6) is 0 Å². The molecule has 3 nitrogen and oxygen atoms in total. The van der Waals surface area contributed by atoms with E-state index in [2.05, 4.69) is 19.9 Å². The van der Waals surface area contributed by atoms with Crippen LogP contribution in [0.2, 0.25) is 0 Å². The Morgan fingerprint density at radius 1 is 1.04 bits per heavy atom. The van der Waals surface area contributed by atoms with Crippen molar-refractivity contribution in [3.05, 3.63) is 23.0 Å². The molecule has 0 spiro atoms. The van der Waals surface area contributed by atoms with Gasteiger partial charge >= 0.3 is 0 Å². The van der Waals surface area contributed by atoms with Crippen LogP contribution in [-0.4, -0.2) is 16.7 Å². The summed E-state index contributed by atoms with van der Waals surface area (Å²) in [6.45, 7) is 6.43. The molecule has 5 atom stereocenters. The van der Waals surface area contributed by atoms with E-state index in [1.807, 2.05) is 6.92 Å². The Labute approximate surface area is 137 Å². The molecule has 4 aliphatic rings. The van der Waals surface area contributed by atoms with Gasteiger partial charge in [-0.25, -0.2) is 0 Å². The lowest BCUT2D eigenvalue weighted by molar-refractivity contribution is -0.130. The first-order valence-electron chi connectivity index (χ1n) is 8.98. The standard InChI is InChI=1S/C20H26O3/c1-11-10-12-13-4-5-16(22)19(13,2)8-6-14(12)20(3)9-7-15(21)18(23)17(11)20/h10,12-14,23H,4-9H2,1-3H3/t12-,13-,14-,19-,20+/m0/s1. The molecule has 2 fully saturated rings. The summed E-state index contributed by atoms with van der Waals surface area (Å²) in [6.07, 6.45) is 7.26. The number of fused-ring (bicyclic) bond motifs is 5. The highest BCUT2D eigenvalue weighted by atomic mass is 16.3. The van der Waals surface area contributed by atoms with Crippen molar-refractivity contribution in [2.45, 2.75) is 59.3 Å². The molecular weight excluding hydrogens is 288 g/mol. The van der Waals surface area contributed by atoms with Crippen LogP contribution in [0.4, 0.5) is 0 Å². The van der Waals surface area contributed by atoms with Crippen molar-refractivity contribution in [3.63, 3.8) is 0 Å². The minimum absolute atomic E-state index is 0.00165. The molecule has 0 saturated heterocycles. The van der Waals surface area contributed by atoms with Crippen molar-refractivity contribution >= 4 is 11.6 Å². The number of aliphatic hydroxyl groups is 1. The van der Waals surface area contributed by atoms with Crippen molar-refractivity contribution in [1.29, 1.82) is 0 Å². The fourth-order valence-corrected chi connectivity index (χ4v) is 6.35. The summed E-state index contributed by atoms with van der Waals surface area (Å²) in [5, 5.41) is 10.4. The summed E-state index contributed by atoms with van der Waals surface area (Å²) in [5.74, 6) is 1.62. The molecule has 0 aromatic heterocycles. The lowest BCUT2D eigenvalue weighted by atomic mass is 9.48. The minimum Gasteiger partial charge on any atom is -0.504 e. The van der Waals surface area contributed by atoms with Crippen LogP contribution in [-0.2, 0) is 9.59 Å². The molecule has 0 amide bonds. The highest BCUT2D eigenvalue weighted by Crippen LogP contribution is 2.64. The van der Waals surface area contributed by atoms with Gasteiger partial charge in [0.05, 0.1) is 0 Å². The molecule has 0 aromatic carbocycles. The Balaban J connectivity index is 1.85. The summed E-state index contributed by atoms with van der Waals surface area (Å²) >= 11 is 0. The lowest BCUT2D eigenvalue weighted by Gasteiger charge is -2.55. The van der Waals surface area contributed by atoms with E-state index < -0.39 is 0 Å². The van der Waals surface area contributed by atoms with Crippen LogP contribution in [0, 0.1) is 28.6 Å². The van der Waals surface area contributed by atoms with Crippen LogP contribution >= 0.6 is 0 Å². The molecular formula is C20H26O3. The van der Waals surface area contributed by atoms with E-state index in [4.69, 9.17) is 0 Å². The maximum absolute atomic E-state index is 12.4. The van der Waals surface area contributed by atoms with Crippen molar-refractivity contribution in [2.75, 3.05) is 0 Å². The molecule has 4 rings (SSSR count). The SMILES string of the molecule is CC1=C[C@@H]2[C@H](CC[C@]3(C)C(=O)CC[C@@H]23)[C@@]2(C)CCC(=O)C(O)=C12. The Bertz CT molecular complexity index is 670. The highest BCUT2D eigenvalue weighted by Gasteiger charge is 2.59. The molecule has 2 saturated carbocycles. The van der Waals surface area contributed by atoms with E-state index in [1.165, 1.54) is 0 Å². The van der Waals surface area contributed by atoms with Gasteiger partial charge in [0.25, 0.3) is 0 Å². The second-order valence-corrected chi connectivity index (χ2v) is 8.62. The third-order valence-electron chi connectivity index (χ3n) is 7.64. The molecule has 124 valence electrons. The summed E-state index contributed by atoms with van der Waals surface area (Å²) < 4.78 is 0. The van der Waals surface area contributed by atoms with Gasteiger partial charge in [0.15, 0.2) is 11.5 Å². The van der Waals surface area contributed by atoms with Gasteiger partial charge in [-0.15, -0.1) is 0 Å². The zero-order valence-electron chi connectivity index (χ0n) is 14.3.